The monoisotopic (exact) mass is 480 g/mol. The van der Waals surface area contributed by atoms with Crippen LogP contribution in [0.2, 0.25) is 0 Å². The summed E-state index contributed by atoms with van der Waals surface area (Å²) in [7, 11) is -2.38. The minimum Gasteiger partial charge on any atom is -0.391 e. The Kier molecular flexibility index (Phi) is 12.0. The van der Waals surface area contributed by atoms with Crippen molar-refractivity contribution in [3.8, 4) is 0 Å². The van der Waals surface area contributed by atoms with Crippen molar-refractivity contribution < 1.29 is 24.2 Å². The molecule has 0 aromatic heterocycles. The number of carbonyl (C=O) groups excluding carboxylic acids is 2. The van der Waals surface area contributed by atoms with Gasteiger partial charge in [-0.25, -0.2) is 0 Å². The first-order valence-electron chi connectivity index (χ1n) is 12.0. The van der Waals surface area contributed by atoms with Crippen LogP contribution >= 0.6 is 8.03 Å². The number of hydrogen-bond donors (Lipinski definition) is 5. The Morgan fingerprint density at radius 1 is 1.09 bits per heavy atom. The molecule has 6 N–H and O–H groups in total. The highest BCUT2D eigenvalue weighted by Crippen LogP contribution is 2.40. The van der Waals surface area contributed by atoms with Crippen molar-refractivity contribution in [2.45, 2.75) is 76.1 Å². The van der Waals surface area contributed by atoms with E-state index in [9.17, 15) is 24.2 Å². The zero-order valence-corrected chi connectivity index (χ0v) is 20.4. The number of benzene rings is 1. The number of amides is 2. The van der Waals surface area contributed by atoms with E-state index in [1.807, 2.05) is 37.3 Å². The topological polar surface area (TPSA) is 142 Å². The van der Waals surface area contributed by atoms with Crippen LogP contribution in [0.25, 0.3) is 0 Å². The van der Waals surface area contributed by atoms with Crippen molar-refractivity contribution in [1.29, 1.82) is 0 Å². The van der Waals surface area contributed by atoms with Gasteiger partial charge in [0.15, 0.2) is 5.66 Å². The Morgan fingerprint density at radius 3 is 2.33 bits per heavy atom. The van der Waals surface area contributed by atoms with E-state index in [-0.39, 0.29) is 37.2 Å². The summed E-state index contributed by atoms with van der Waals surface area (Å²) in [5.41, 5.74) is 6.52. The van der Waals surface area contributed by atoms with Gasteiger partial charge >= 0.3 is 8.03 Å². The number of nitrogens with one attached hydrogen (secondary N) is 2. The SMILES string of the molecule is CC[C@@H](CNC(=O)[C@@H](N)Cc1ccccc1)C(=O)NC[C@H](O)CC(C1CCCCC1)[P+](=O)O. The van der Waals surface area contributed by atoms with Crippen molar-refractivity contribution in [3.05, 3.63) is 35.9 Å². The summed E-state index contributed by atoms with van der Waals surface area (Å²) < 4.78 is 11.8. The van der Waals surface area contributed by atoms with E-state index in [1.54, 1.807) is 0 Å². The van der Waals surface area contributed by atoms with Crippen LogP contribution in [0, 0.1) is 11.8 Å². The first kappa shape index (κ1) is 27.4. The number of nitrogens with two attached hydrogens (primary N) is 1. The molecule has 0 radical (unpaired) electrons. The molecule has 1 aromatic rings. The van der Waals surface area contributed by atoms with Crippen LogP contribution in [0.3, 0.4) is 0 Å². The molecule has 2 rings (SSSR count). The van der Waals surface area contributed by atoms with Crippen LogP contribution < -0.4 is 16.4 Å². The van der Waals surface area contributed by atoms with E-state index in [1.165, 1.54) is 0 Å². The lowest BCUT2D eigenvalue weighted by atomic mass is 9.85. The van der Waals surface area contributed by atoms with Crippen molar-refractivity contribution in [2.75, 3.05) is 13.1 Å². The number of rotatable bonds is 13. The number of aliphatic hydroxyl groups excluding tert-OH is 1. The molecule has 1 saturated carbocycles. The third-order valence-electron chi connectivity index (χ3n) is 6.52. The largest absolute Gasteiger partial charge is 0.509 e. The molecule has 1 aliphatic rings. The molecule has 33 heavy (non-hydrogen) atoms. The Bertz CT molecular complexity index is 758. The predicted molar refractivity (Wildman–Crippen MR) is 129 cm³/mol. The normalized spacial score (nSPS) is 18.6. The lowest BCUT2D eigenvalue weighted by Crippen LogP contribution is -2.46. The van der Waals surface area contributed by atoms with Crippen LogP contribution in [0.4, 0.5) is 0 Å². The predicted octanol–water partition coefficient (Wildman–Crippen LogP) is 2.25. The molecular formula is C24H39N3O5P+. The van der Waals surface area contributed by atoms with E-state index < -0.39 is 31.8 Å². The van der Waals surface area contributed by atoms with E-state index in [4.69, 9.17) is 5.73 Å². The minimum atomic E-state index is -2.38. The zero-order valence-electron chi connectivity index (χ0n) is 19.5. The van der Waals surface area contributed by atoms with Gasteiger partial charge in [-0.1, -0.05) is 56.5 Å². The van der Waals surface area contributed by atoms with E-state index in [0.29, 0.717) is 12.8 Å². The molecule has 8 nitrogen and oxygen atoms in total. The molecule has 1 aromatic carbocycles. The summed E-state index contributed by atoms with van der Waals surface area (Å²) in [5, 5.41) is 15.9. The summed E-state index contributed by atoms with van der Waals surface area (Å²) in [4.78, 5) is 34.6. The van der Waals surface area contributed by atoms with E-state index in [0.717, 1.165) is 37.7 Å². The van der Waals surface area contributed by atoms with Crippen LogP contribution in [0.5, 0.6) is 0 Å². The van der Waals surface area contributed by atoms with E-state index in [2.05, 4.69) is 10.6 Å². The third-order valence-corrected chi connectivity index (χ3v) is 7.72. The second-order valence-corrected chi connectivity index (χ2v) is 10.3. The summed E-state index contributed by atoms with van der Waals surface area (Å²) in [6.45, 7) is 2.03. The second kappa shape index (κ2) is 14.4. The fourth-order valence-corrected chi connectivity index (χ4v) is 5.53. The van der Waals surface area contributed by atoms with Crippen molar-refractivity contribution in [2.24, 2.45) is 17.6 Å². The molecule has 184 valence electrons. The number of hydrogen-bond acceptors (Lipinski definition) is 5. The van der Waals surface area contributed by atoms with Gasteiger partial charge < -0.3 is 21.5 Å². The van der Waals surface area contributed by atoms with Gasteiger partial charge in [0.1, 0.15) is 0 Å². The molecule has 2 unspecified atom stereocenters. The summed E-state index contributed by atoms with van der Waals surface area (Å²) >= 11 is 0. The van der Waals surface area contributed by atoms with Crippen molar-refractivity contribution in [1.82, 2.24) is 10.6 Å². The maximum atomic E-state index is 12.6. The maximum Gasteiger partial charge on any atom is 0.509 e. The summed E-state index contributed by atoms with van der Waals surface area (Å²) in [5.74, 6) is -0.881. The average molecular weight is 481 g/mol. The lowest BCUT2D eigenvalue weighted by Gasteiger charge is -2.24. The molecular weight excluding hydrogens is 441 g/mol. The van der Waals surface area contributed by atoms with Gasteiger partial charge in [0.2, 0.25) is 11.8 Å². The molecule has 5 atom stereocenters. The Hall–Kier alpha value is -1.86. The number of carbonyl (C=O) groups is 2. The van der Waals surface area contributed by atoms with Gasteiger partial charge in [-0.3, -0.25) is 9.59 Å². The number of aliphatic hydroxyl groups is 1. The molecule has 1 aliphatic carbocycles. The molecule has 0 heterocycles. The van der Waals surface area contributed by atoms with Gasteiger partial charge in [-0.2, -0.15) is 4.89 Å². The van der Waals surface area contributed by atoms with E-state index >= 15 is 0 Å². The van der Waals surface area contributed by atoms with Gasteiger partial charge in [-0.15, -0.1) is 0 Å². The first-order chi connectivity index (χ1) is 15.8. The summed E-state index contributed by atoms with van der Waals surface area (Å²) in [6.07, 6.45) is 5.31. The van der Waals surface area contributed by atoms with Crippen LogP contribution in [0.1, 0.15) is 57.4 Å². The molecule has 2 amide bonds. The van der Waals surface area contributed by atoms with Gasteiger partial charge in [0.05, 0.1) is 18.1 Å². The first-order valence-corrected chi connectivity index (χ1v) is 13.3. The Morgan fingerprint density at radius 2 is 1.73 bits per heavy atom. The molecule has 0 saturated heterocycles. The van der Waals surface area contributed by atoms with Gasteiger partial charge in [0.25, 0.3) is 0 Å². The lowest BCUT2D eigenvalue weighted by molar-refractivity contribution is -0.126. The van der Waals surface area contributed by atoms with Crippen LogP contribution in [-0.4, -0.2) is 52.7 Å². The minimum absolute atomic E-state index is 0.0171. The fourth-order valence-electron chi connectivity index (χ4n) is 4.44. The highest BCUT2D eigenvalue weighted by Gasteiger charge is 2.39. The highest BCUT2D eigenvalue weighted by molar-refractivity contribution is 7.38. The third kappa shape index (κ3) is 9.49. The van der Waals surface area contributed by atoms with Gasteiger partial charge in [-0.05, 0) is 35.8 Å². The molecule has 9 heteroatoms. The fraction of sp³-hybridized carbons (Fsp3) is 0.667. The highest BCUT2D eigenvalue weighted by atomic mass is 31.1. The van der Waals surface area contributed by atoms with Crippen LogP contribution in [-0.2, 0) is 20.6 Å². The molecule has 1 fully saturated rings. The quantitative estimate of drug-likeness (QED) is 0.274. The molecule has 0 spiro atoms. The second-order valence-electron chi connectivity index (χ2n) is 9.05. The summed E-state index contributed by atoms with van der Waals surface area (Å²) in [6, 6.07) is 8.80. The Balaban J connectivity index is 1.76. The molecule has 0 bridgehead atoms. The molecule has 0 aliphatic heterocycles. The van der Waals surface area contributed by atoms with Gasteiger partial charge in [0, 0.05) is 25.4 Å². The smallest absolute Gasteiger partial charge is 0.391 e. The maximum absolute atomic E-state index is 12.6. The van der Waals surface area contributed by atoms with Crippen molar-refractivity contribution in [3.63, 3.8) is 0 Å². The Labute approximate surface area is 197 Å². The zero-order chi connectivity index (χ0) is 24.2. The standard InChI is InChI=1S/C24H38N3O5P/c1-2-18(15-26-24(30)21(25)13-17-9-5-3-6-10-17)23(29)27-16-20(28)14-22(33(31)32)19-11-7-4-8-12-19/h3,5-6,9-10,18-22,28H,2,4,7-8,11-16,25H2,1H3,(H2-,26,27,29,30,31,32)/p+1/t18-,20+,21-,22?/m0/s1. The van der Waals surface area contributed by atoms with Crippen LogP contribution in [0.15, 0.2) is 30.3 Å². The average Bonchev–Trinajstić information content (AvgIpc) is 2.82. The van der Waals surface area contributed by atoms with Crippen molar-refractivity contribution >= 4 is 19.8 Å².